The lowest BCUT2D eigenvalue weighted by Crippen LogP contribution is -2.45. The molecule has 7 nitrogen and oxygen atoms in total. The van der Waals surface area contributed by atoms with Gasteiger partial charge in [-0.25, -0.2) is 9.59 Å². The fourth-order valence-corrected chi connectivity index (χ4v) is 3.19. The Morgan fingerprint density at radius 2 is 1.42 bits per heavy atom. The van der Waals surface area contributed by atoms with Crippen LogP contribution in [0.4, 0.5) is 5.69 Å². The molecule has 0 aromatic heterocycles. The first-order valence-corrected chi connectivity index (χ1v) is 10.2. The molecule has 1 heterocycles. The Labute approximate surface area is 183 Å². The molecule has 2 aromatic carbocycles. The molecule has 2 N–H and O–H groups in total. The number of piperazine rings is 1. The first-order chi connectivity index (χ1) is 14.8. The van der Waals surface area contributed by atoms with Crippen molar-refractivity contribution in [1.29, 1.82) is 0 Å². The average molecular weight is 426 g/mol. The minimum atomic E-state index is -1.82. The molecule has 0 atom stereocenters. The van der Waals surface area contributed by atoms with Gasteiger partial charge >= 0.3 is 11.9 Å². The van der Waals surface area contributed by atoms with Gasteiger partial charge in [0, 0.05) is 59.1 Å². The van der Waals surface area contributed by atoms with Gasteiger partial charge in [-0.05, 0) is 23.3 Å². The van der Waals surface area contributed by atoms with E-state index in [4.69, 9.17) is 19.8 Å². The largest absolute Gasteiger partial charge is 0.473 e. The first-order valence-electron chi connectivity index (χ1n) is 10.2. The molecule has 0 aliphatic carbocycles. The maximum absolute atomic E-state index is 9.10. The van der Waals surface area contributed by atoms with Gasteiger partial charge < -0.3 is 15.1 Å². The molecule has 0 bridgehead atoms. The molecule has 0 radical (unpaired) electrons. The zero-order chi connectivity index (χ0) is 22.6. The van der Waals surface area contributed by atoms with Crippen molar-refractivity contribution in [3.8, 4) is 0 Å². The zero-order valence-electron chi connectivity index (χ0n) is 18.1. The van der Waals surface area contributed by atoms with Gasteiger partial charge in [0.1, 0.15) is 0 Å². The van der Waals surface area contributed by atoms with Crippen LogP contribution in [0.25, 0.3) is 6.08 Å². The Kier molecular flexibility index (Phi) is 9.74. The number of nitrogens with zero attached hydrogens (tertiary/aromatic N) is 3. The molecular formula is C24H31N3O4. The van der Waals surface area contributed by atoms with Crippen LogP contribution in [0.5, 0.6) is 0 Å². The standard InChI is InChI=1S/C22H29N3.C2H2O4/c1-23(2)22-12-10-21(11-13-22)19-25-17-15-24(16-18-25)14-6-9-20-7-4-3-5-8-20;3-1(4)2(5)6/h3-13H,14-19H2,1-2H3;(H,3,4)(H,5,6). The molecular weight excluding hydrogens is 394 g/mol. The summed E-state index contributed by atoms with van der Waals surface area (Å²) in [6.45, 7) is 6.69. The number of carbonyl (C=O) groups is 2. The second-order valence-corrected chi connectivity index (χ2v) is 7.56. The number of rotatable bonds is 6. The van der Waals surface area contributed by atoms with E-state index < -0.39 is 11.9 Å². The molecule has 0 unspecified atom stereocenters. The third kappa shape index (κ3) is 9.02. The van der Waals surface area contributed by atoms with Crippen LogP contribution in [0.1, 0.15) is 11.1 Å². The van der Waals surface area contributed by atoms with Gasteiger partial charge in [-0.1, -0.05) is 54.6 Å². The smallest absolute Gasteiger partial charge is 0.414 e. The Bertz CT molecular complexity index is 831. The van der Waals surface area contributed by atoms with Crippen LogP contribution in [0, 0.1) is 0 Å². The average Bonchev–Trinajstić information content (AvgIpc) is 2.76. The van der Waals surface area contributed by atoms with E-state index in [9.17, 15) is 0 Å². The predicted octanol–water partition coefficient (Wildman–Crippen LogP) is 2.74. The second-order valence-electron chi connectivity index (χ2n) is 7.56. The number of carboxylic acid groups (broad SMARTS) is 2. The SMILES string of the molecule is CN(C)c1ccc(CN2CCN(CC=Cc3ccccc3)CC2)cc1.O=C(O)C(=O)O. The van der Waals surface area contributed by atoms with Gasteiger partial charge in [-0.2, -0.15) is 0 Å². The molecule has 1 saturated heterocycles. The van der Waals surface area contributed by atoms with Crippen LogP contribution >= 0.6 is 0 Å². The Morgan fingerprint density at radius 1 is 0.871 bits per heavy atom. The van der Waals surface area contributed by atoms with E-state index in [1.165, 1.54) is 16.8 Å². The quantitative estimate of drug-likeness (QED) is 0.689. The Balaban J connectivity index is 0.000000501. The minimum Gasteiger partial charge on any atom is -0.473 e. The normalized spacial score (nSPS) is 14.6. The minimum absolute atomic E-state index is 1.04. The molecule has 2 aromatic rings. The third-order valence-corrected chi connectivity index (χ3v) is 4.98. The van der Waals surface area contributed by atoms with E-state index in [-0.39, 0.29) is 0 Å². The van der Waals surface area contributed by atoms with E-state index in [0.29, 0.717) is 0 Å². The number of anilines is 1. The monoisotopic (exact) mass is 425 g/mol. The van der Waals surface area contributed by atoms with E-state index in [2.05, 4.69) is 95.5 Å². The van der Waals surface area contributed by atoms with Gasteiger partial charge in [0.25, 0.3) is 0 Å². The van der Waals surface area contributed by atoms with Crippen LogP contribution in [0.15, 0.2) is 60.7 Å². The number of hydrogen-bond donors (Lipinski definition) is 2. The highest BCUT2D eigenvalue weighted by Crippen LogP contribution is 2.14. The lowest BCUT2D eigenvalue weighted by atomic mass is 10.1. The van der Waals surface area contributed by atoms with Gasteiger partial charge in [0.2, 0.25) is 0 Å². The highest BCUT2D eigenvalue weighted by molar-refractivity contribution is 6.27. The summed E-state index contributed by atoms with van der Waals surface area (Å²) in [6.07, 6.45) is 4.50. The summed E-state index contributed by atoms with van der Waals surface area (Å²) in [4.78, 5) is 25.4. The van der Waals surface area contributed by atoms with Crippen molar-refractivity contribution in [2.24, 2.45) is 0 Å². The van der Waals surface area contributed by atoms with Gasteiger partial charge in [0.15, 0.2) is 0 Å². The van der Waals surface area contributed by atoms with Crippen LogP contribution < -0.4 is 4.90 Å². The first kappa shape index (κ1) is 24.1. The molecule has 31 heavy (non-hydrogen) atoms. The molecule has 166 valence electrons. The highest BCUT2D eigenvalue weighted by atomic mass is 16.4. The van der Waals surface area contributed by atoms with Crippen molar-refractivity contribution in [2.75, 3.05) is 51.7 Å². The van der Waals surface area contributed by atoms with Crippen LogP contribution in [-0.4, -0.2) is 78.8 Å². The zero-order valence-corrected chi connectivity index (χ0v) is 18.1. The lowest BCUT2D eigenvalue weighted by molar-refractivity contribution is -0.159. The number of carboxylic acids is 2. The van der Waals surface area contributed by atoms with Crippen LogP contribution in [0.2, 0.25) is 0 Å². The lowest BCUT2D eigenvalue weighted by Gasteiger charge is -2.34. The summed E-state index contributed by atoms with van der Waals surface area (Å²) in [5.74, 6) is -3.65. The van der Waals surface area contributed by atoms with E-state index in [1.807, 2.05) is 0 Å². The van der Waals surface area contributed by atoms with Gasteiger partial charge in [-0.3, -0.25) is 9.80 Å². The molecule has 3 rings (SSSR count). The van der Waals surface area contributed by atoms with Gasteiger partial charge in [0.05, 0.1) is 0 Å². The van der Waals surface area contributed by atoms with Crippen molar-refractivity contribution < 1.29 is 19.8 Å². The maximum atomic E-state index is 9.10. The summed E-state index contributed by atoms with van der Waals surface area (Å²) in [7, 11) is 4.17. The number of hydrogen-bond acceptors (Lipinski definition) is 5. The Morgan fingerprint density at radius 3 is 1.94 bits per heavy atom. The maximum Gasteiger partial charge on any atom is 0.414 e. The summed E-state index contributed by atoms with van der Waals surface area (Å²) < 4.78 is 0. The summed E-state index contributed by atoms with van der Waals surface area (Å²) in [5.41, 5.74) is 3.95. The van der Waals surface area contributed by atoms with Crippen molar-refractivity contribution in [3.05, 3.63) is 71.8 Å². The topological polar surface area (TPSA) is 84.3 Å². The second kappa shape index (κ2) is 12.5. The number of aliphatic carboxylic acids is 2. The third-order valence-electron chi connectivity index (χ3n) is 4.98. The fraction of sp³-hybridized carbons (Fsp3) is 0.333. The van der Waals surface area contributed by atoms with Crippen LogP contribution in [-0.2, 0) is 16.1 Å². The summed E-state index contributed by atoms with van der Waals surface area (Å²) >= 11 is 0. The summed E-state index contributed by atoms with van der Waals surface area (Å²) in [6, 6.07) is 19.5. The van der Waals surface area contributed by atoms with Crippen molar-refractivity contribution in [1.82, 2.24) is 9.80 Å². The molecule has 0 saturated carbocycles. The van der Waals surface area contributed by atoms with E-state index in [0.717, 1.165) is 39.3 Å². The number of benzene rings is 2. The molecule has 0 amide bonds. The summed E-state index contributed by atoms with van der Waals surface area (Å²) in [5, 5.41) is 14.8. The van der Waals surface area contributed by atoms with Crippen molar-refractivity contribution in [2.45, 2.75) is 6.54 Å². The molecule has 1 fully saturated rings. The van der Waals surface area contributed by atoms with Crippen molar-refractivity contribution in [3.63, 3.8) is 0 Å². The Hall–Kier alpha value is -3.16. The van der Waals surface area contributed by atoms with Crippen molar-refractivity contribution >= 4 is 23.7 Å². The van der Waals surface area contributed by atoms with Crippen LogP contribution in [0.3, 0.4) is 0 Å². The van der Waals surface area contributed by atoms with E-state index >= 15 is 0 Å². The molecule has 1 aliphatic rings. The molecule has 0 spiro atoms. The molecule has 1 aliphatic heterocycles. The predicted molar refractivity (Wildman–Crippen MR) is 123 cm³/mol. The van der Waals surface area contributed by atoms with Gasteiger partial charge in [-0.15, -0.1) is 0 Å². The fourth-order valence-electron chi connectivity index (χ4n) is 3.19. The highest BCUT2D eigenvalue weighted by Gasteiger charge is 2.15. The molecule has 7 heteroatoms. The van der Waals surface area contributed by atoms with E-state index in [1.54, 1.807) is 0 Å².